The number of thioether (sulfide) groups is 1. The number of hydrogen-bond acceptors (Lipinski definition) is 7. The molecule has 5 fully saturated rings. The van der Waals surface area contributed by atoms with Crippen molar-refractivity contribution in [3.63, 3.8) is 0 Å². The molecule has 0 aromatic carbocycles. The maximum Gasteiger partial charge on any atom is 0.321 e. The number of amides is 2. The molecule has 5 rings (SSSR count). The van der Waals surface area contributed by atoms with Crippen LogP contribution < -0.4 is 14.8 Å². The summed E-state index contributed by atoms with van der Waals surface area (Å²) < 4.78 is 32.5. The Morgan fingerprint density at radius 1 is 1.23 bits per heavy atom. The molecule has 0 radical (unpaired) electrons. The van der Waals surface area contributed by atoms with Crippen LogP contribution in [0.4, 0.5) is 4.79 Å². The summed E-state index contributed by atoms with van der Waals surface area (Å²) in [5, 5.41) is 3.91. The Morgan fingerprint density at radius 2 is 2.00 bits per heavy atom. The number of nitrogens with zero attached hydrogens (tertiary/aromatic N) is 2. The lowest BCUT2D eigenvalue weighted by atomic mass is 9.89. The van der Waals surface area contributed by atoms with E-state index in [1.165, 1.54) is 0 Å². The quantitative estimate of drug-likeness (QED) is 0.488. The molecule has 3 N–H and O–H groups in total. The number of rotatable bonds is 6. The number of hydrogen-bond donors (Lipinski definition) is 3. The monoisotopic (exact) mass is 489 g/mol. The highest BCUT2D eigenvalue weighted by Crippen LogP contribution is 2.42. The summed E-state index contributed by atoms with van der Waals surface area (Å²) in [7, 11) is -3.38. The third-order valence-corrected chi connectivity index (χ3v) is 12.1. The van der Waals surface area contributed by atoms with Crippen LogP contribution in [-0.2, 0) is 10.0 Å². The number of carbonyl (C=O) groups is 1. The van der Waals surface area contributed by atoms with Gasteiger partial charge in [-0.3, -0.25) is 4.72 Å². The van der Waals surface area contributed by atoms with Gasteiger partial charge in [-0.2, -0.15) is 0 Å². The highest BCUT2D eigenvalue weighted by molar-refractivity contribution is 8.00. The maximum absolute atomic E-state index is 13.7. The molecule has 8 nitrogen and oxygen atoms in total. The first-order chi connectivity index (χ1) is 14.7. The summed E-state index contributed by atoms with van der Waals surface area (Å²) in [5.74, 6) is 0.865. The molecule has 0 spiro atoms. The molecule has 2 amide bonds. The standard InChI is InChI=1S/C20H35N5O3S3/c1-12-18(30-13(2)22-12)10-24-16-5-4-15(31(27,28)23-20(3)6-7-20)8-17(16)25(19(24)26)14-9-21-29-11-14/h12-18,21-23H,4-11H2,1-3H3. The van der Waals surface area contributed by atoms with E-state index in [0.717, 1.165) is 38.1 Å². The van der Waals surface area contributed by atoms with E-state index in [1.54, 1.807) is 11.9 Å². The molecular formula is C20H35N5O3S3. The fourth-order valence-electron chi connectivity index (χ4n) is 5.67. The van der Waals surface area contributed by atoms with Crippen LogP contribution in [0, 0.1) is 0 Å². The SMILES string of the molecule is CC1NC(C)C(CN2C(=O)N(C3CNSC3)C3CC(S(=O)(=O)NC4(C)CC4)CCC32)S1. The summed E-state index contributed by atoms with van der Waals surface area (Å²) in [4.78, 5) is 17.8. The lowest BCUT2D eigenvalue weighted by Gasteiger charge is -2.38. The third kappa shape index (κ3) is 4.35. The lowest BCUT2D eigenvalue weighted by molar-refractivity contribution is 0.167. The van der Waals surface area contributed by atoms with Crippen LogP contribution in [0.2, 0.25) is 0 Å². The second-order valence-corrected chi connectivity index (χ2v) is 14.7. The molecule has 31 heavy (non-hydrogen) atoms. The summed E-state index contributed by atoms with van der Waals surface area (Å²) in [6.07, 6.45) is 3.76. The predicted molar refractivity (Wildman–Crippen MR) is 127 cm³/mol. The average molecular weight is 490 g/mol. The molecule has 2 saturated carbocycles. The zero-order valence-electron chi connectivity index (χ0n) is 18.5. The van der Waals surface area contributed by atoms with Crippen molar-refractivity contribution in [2.75, 3.05) is 18.8 Å². The highest BCUT2D eigenvalue weighted by Gasteiger charge is 2.54. The van der Waals surface area contributed by atoms with Crippen LogP contribution in [-0.4, -0.2) is 88.7 Å². The van der Waals surface area contributed by atoms with Gasteiger partial charge in [0.2, 0.25) is 10.0 Å². The van der Waals surface area contributed by atoms with Gasteiger partial charge in [0, 0.05) is 35.7 Å². The molecule has 0 bridgehead atoms. The Labute approximate surface area is 194 Å². The minimum atomic E-state index is -3.38. The third-order valence-electron chi connectivity index (χ3n) is 7.69. The zero-order valence-corrected chi connectivity index (χ0v) is 21.0. The van der Waals surface area contributed by atoms with Gasteiger partial charge in [0.1, 0.15) is 0 Å². The molecule has 176 valence electrons. The van der Waals surface area contributed by atoms with E-state index < -0.39 is 15.3 Å². The number of carbonyl (C=O) groups excluding carboxylic acids is 1. The molecule has 2 aliphatic carbocycles. The van der Waals surface area contributed by atoms with Crippen LogP contribution in [0.3, 0.4) is 0 Å². The Hall–Kier alpha value is -0.200. The first-order valence-corrected chi connectivity index (χ1v) is 15.0. The van der Waals surface area contributed by atoms with Gasteiger partial charge < -0.3 is 15.1 Å². The number of sulfonamides is 1. The van der Waals surface area contributed by atoms with E-state index >= 15 is 0 Å². The van der Waals surface area contributed by atoms with Crippen molar-refractivity contribution in [1.29, 1.82) is 0 Å². The average Bonchev–Trinajstić information content (AvgIpc) is 3.05. The normalized spacial score (nSPS) is 42.3. The summed E-state index contributed by atoms with van der Waals surface area (Å²) in [6.45, 7) is 7.87. The fourth-order valence-corrected chi connectivity index (χ4v) is 9.90. The van der Waals surface area contributed by atoms with Gasteiger partial charge in [-0.1, -0.05) is 11.9 Å². The van der Waals surface area contributed by atoms with Gasteiger partial charge in [0.15, 0.2) is 0 Å². The molecule has 3 aliphatic heterocycles. The fraction of sp³-hybridized carbons (Fsp3) is 0.950. The second-order valence-electron chi connectivity index (χ2n) is 10.2. The maximum atomic E-state index is 13.7. The summed E-state index contributed by atoms with van der Waals surface area (Å²) in [6, 6.07) is 0.703. The molecule has 0 aromatic rings. The van der Waals surface area contributed by atoms with E-state index in [-0.39, 0.29) is 29.7 Å². The van der Waals surface area contributed by atoms with Gasteiger partial charge in [0.25, 0.3) is 0 Å². The van der Waals surface area contributed by atoms with Crippen LogP contribution in [0.1, 0.15) is 52.9 Å². The molecule has 11 heteroatoms. The number of urea groups is 1. The van der Waals surface area contributed by atoms with E-state index in [0.29, 0.717) is 29.5 Å². The lowest BCUT2D eigenvalue weighted by Crippen LogP contribution is -2.52. The number of nitrogens with one attached hydrogen (secondary N) is 3. The van der Waals surface area contributed by atoms with E-state index in [9.17, 15) is 13.2 Å². The van der Waals surface area contributed by atoms with E-state index in [2.05, 4.69) is 33.5 Å². The van der Waals surface area contributed by atoms with Crippen molar-refractivity contribution in [1.82, 2.24) is 24.6 Å². The van der Waals surface area contributed by atoms with Crippen molar-refractivity contribution >= 4 is 39.8 Å². The Balaban J connectivity index is 1.36. The predicted octanol–water partition coefficient (Wildman–Crippen LogP) is 1.55. The Bertz CT molecular complexity index is 817. The minimum absolute atomic E-state index is 0.0209. The van der Waals surface area contributed by atoms with E-state index in [4.69, 9.17) is 0 Å². The van der Waals surface area contributed by atoms with Crippen LogP contribution in [0.5, 0.6) is 0 Å². The van der Waals surface area contributed by atoms with Crippen LogP contribution in [0.15, 0.2) is 0 Å². The van der Waals surface area contributed by atoms with Crippen molar-refractivity contribution in [2.24, 2.45) is 0 Å². The smallest absolute Gasteiger partial charge is 0.318 e. The van der Waals surface area contributed by atoms with Gasteiger partial charge in [-0.15, -0.1) is 11.8 Å². The Kier molecular flexibility index (Phi) is 6.00. The van der Waals surface area contributed by atoms with E-state index in [1.807, 2.05) is 23.6 Å². The van der Waals surface area contributed by atoms with Gasteiger partial charge in [-0.25, -0.2) is 17.9 Å². The number of fused-ring (bicyclic) bond motifs is 1. The topological polar surface area (TPSA) is 93.8 Å². The molecule has 3 saturated heterocycles. The molecule has 3 heterocycles. The van der Waals surface area contributed by atoms with Crippen LogP contribution >= 0.6 is 23.7 Å². The second kappa shape index (κ2) is 8.23. The molecule has 5 aliphatic rings. The largest absolute Gasteiger partial charge is 0.321 e. The summed E-state index contributed by atoms with van der Waals surface area (Å²) in [5.41, 5.74) is -0.252. The van der Waals surface area contributed by atoms with Gasteiger partial charge >= 0.3 is 6.03 Å². The van der Waals surface area contributed by atoms with Crippen molar-refractivity contribution < 1.29 is 13.2 Å². The van der Waals surface area contributed by atoms with Crippen molar-refractivity contribution in [3.8, 4) is 0 Å². The van der Waals surface area contributed by atoms with Crippen LogP contribution in [0.25, 0.3) is 0 Å². The Morgan fingerprint density at radius 3 is 2.61 bits per heavy atom. The molecule has 0 aromatic heterocycles. The molecule has 7 atom stereocenters. The minimum Gasteiger partial charge on any atom is -0.318 e. The van der Waals surface area contributed by atoms with Crippen molar-refractivity contribution in [3.05, 3.63) is 0 Å². The van der Waals surface area contributed by atoms with Gasteiger partial charge in [-0.05, 0) is 52.9 Å². The summed E-state index contributed by atoms with van der Waals surface area (Å²) >= 11 is 3.57. The molecular weight excluding hydrogens is 454 g/mol. The first kappa shape index (κ1) is 22.6. The first-order valence-electron chi connectivity index (χ1n) is 11.5. The van der Waals surface area contributed by atoms with Gasteiger partial charge in [0.05, 0.1) is 28.7 Å². The van der Waals surface area contributed by atoms with Crippen molar-refractivity contribution in [2.45, 2.75) is 98.5 Å². The molecule has 7 unspecified atom stereocenters. The zero-order chi connectivity index (χ0) is 22.0. The highest BCUT2D eigenvalue weighted by atomic mass is 32.2.